The normalized spacial score (nSPS) is 24.4. The Morgan fingerprint density at radius 3 is 2.49 bits per heavy atom. The number of nitrogens with zero attached hydrogens (tertiary/aromatic N) is 1. The molecule has 39 heavy (non-hydrogen) atoms. The van der Waals surface area contributed by atoms with Gasteiger partial charge in [0.05, 0.1) is 12.2 Å². The van der Waals surface area contributed by atoms with E-state index in [4.69, 9.17) is 11.5 Å². The number of nitrogens with two attached hydrogens (primary N) is 2. The first-order chi connectivity index (χ1) is 18.5. The maximum atomic E-state index is 13.8. The lowest BCUT2D eigenvalue weighted by Gasteiger charge is -2.31. The lowest BCUT2D eigenvalue weighted by molar-refractivity contribution is -0.143. The van der Waals surface area contributed by atoms with Crippen LogP contribution < -0.4 is 22.1 Å². The van der Waals surface area contributed by atoms with Gasteiger partial charge in [0, 0.05) is 30.1 Å². The molecule has 0 bridgehead atoms. The fourth-order valence-electron chi connectivity index (χ4n) is 5.94. The summed E-state index contributed by atoms with van der Waals surface area (Å²) in [5, 5.41) is 26.0. The zero-order chi connectivity index (χ0) is 28.4. The average molecular weight is 543 g/mol. The number of nitrogens with one attached hydrogen (secondary N) is 3. The van der Waals surface area contributed by atoms with Gasteiger partial charge in [-0.15, -0.1) is 0 Å². The molecule has 12 nitrogen and oxygen atoms in total. The number of primary amides is 1. The van der Waals surface area contributed by atoms with Gasteiger partial charge < -0.3 is 42.2 Å². The number of carbonyl (C=O) groups excluding carboxylic acids is 4. The molecule has 2 heterocycles. The Bertz CT molecular complexity index is 1230. The first-order valence-corrected chi connectivity index (χ1v) is 13.4. The van der Waals surface area contributed by atoms with Gasteiger partial charge in [-0.05, 0) is 50.2 Å². The molecule has 2 fully saturated rings. The van der Waals surface area contributed by atoms with E-state index < -0.39 is 60.0 Å². The van der Waals surface area contributed by atoms with Crippen molar-refractivity contribution in [3.05, 3.63) is 36.0 Å². The van der Waals surface area contributed by atoms with Crippen LogP contribution in [0.1, 0.15) is 38.7 Å². The van der Waals surface area contributed by atoms with Crippen molar-refractivity contribution in [2.75, 3.05) is 6.54 Å². The Balaban J connectivity index is 1.62. The van der Waals surface area contributed by atoms with E-state index >= 15 is 0 Å². The summed E-state index contributed by atoms with van der Waals surface area (Å²) in [6.45, 7) is 3.11. The molecule has 12 heteroatoms. The van der Waals surface area contributed by atoms with Gasteiger partial charge in [-0.1, -0.05) is 24.6 Å². The number of aliphatic hydroxyl groups excluding tert-OH is 2. The lowest BCUT2D eigenvalue weighted by Crippen LogP contribution is -2.60. The average Bonchev–Trinajstić information content (AvgIpc) is 3.60. The van der Waals surface area contributed by atoms with E-state index in [-0.39, 0.29) is 18.3 Å². The number of benzene rings is 1. The Hall–Kier alpha value is -3.48. The minimum Gasteiger partial charge on any atom is -0.391 e. The number of amides is 4. The predicted molar refractivity (Wildman–Crippen MR) is 143 cm³/mol. The molecule has 8 atom stereocenters. The predicted octanol–water partition coefficient (Wildman–Crippen LogP) is -1.12. The first kappa shape index (κ1) is 28.5. The van der Waals surface area contributed by atoms with Crippen molar-refractivity contribution >= 4 is 34.5 Å². The van der Waals surface area contributed by atoms with Crippen LogP contribution in [0.25, 0.3) is 10.9 Å². The number of likely N-dealkylation sites (tertiary alicyclic amines) is 1. The minimum absolute atomic E-state index is 0.0782. The third-order valence-corrected chi connectivity index (χ3v) is 8.07. The Morgan fingerprint density at radius 2 is 1.82 bits per heavy atom. The Morgan fingerprint density at radius 1 is 1.10 bits per heavy atom. The number of carbonyl (C=O) groups is 4. The molecule has 1 aliphatic heterocycles. The van der Waals surface area contributed by atoms with Gasteiger partial charge in [0.25, 0.3) is 0 Å². The number of fused-ring (bicyclic) bond motifs is 2. The number of hydrogen-bond acceptors (Lipinski definition) is 7. The highest BCUT2D eigenvalue weighted by Crippen LogP contribution is 2.42. The molecule has 1 aromatic carbocycles. The summed E-state index contributed by atoms with van der Waals surface area (Å²) in [7, 11) is 0. The number of H-pyrrole nitrogens is 1. The van der Waals surface area contributed by atoms with Gasteiger partial charge in [0.15, 0.2) is 0 Å². The van der Waals surface area contributed by atoms with Crippen LogP contribution in [0, 0.1) is 11.8 Å². The zero-order valence-electron chi connectivity index (χ0n) is 22.2. The molecule has 212 valence electrons. The van der Waals surface area contributed by atoms with Crippen molar-refractivity contribution in [3.63, 3.8) is 0 Å². The number of aromatic nitrogens is 1. The minimum atomic E-state index is -1.35. The second kappa shape index (κ2) is 11.7. The van der Waals surface area contributed by atoms with Crippen molar-refractivity contribution in [1.82, 2.24) is 20.5 Å². The summed E-state index contributed by atoms with van der Waals surface area (Å²) < 4.78 is 0. The van der Waals surface area contributed by atoms with E-state index in [9.17, 15) is 29.4 Å². The van der Waals surface area contributed by atoms with Crippen LogP contribution in [0.15, 0.2) is 30.5 Å². The first-order valence-electron chi connectivity index (χ1n) is 13.4. The molecule has 0 radical (unpaired) electrons. The molecule has 1 saturated heterocycles. The molecular formula is C27H38N6O6. The van der Waals surface area contributed by atoms with Gasteiger partial charge in [0.1, 0.15) is 24.2 Å². The van der Waals surface area contributed by atoms with Crippen molar-refractivity contribution < 1.29 is 29.4 Å². The third-order valence-electron chi connectivity index (χ3n) is 8.07. The molecule has 1 aliphatic carbocycles. The molecular weight excluding hydrogens is 504 g/mol. The largest absolute Gasteiger partial charge is 0.391 e. The van der Waals surface area contributed by atoms with Gasteiger partial charge in [-0.2, -0.15) is 0 Å². The zero-order valence-corrected chi connectivity index (χ0v) is 22.2. The highest BCUT2D eigenvalue weighted by atomic mass is 16.3. The fraction of sp³-hybridized carbons (Fsp3) is 0.556. The van der Waals surface area contributed by atoms with E-state index in [1.165, 1.54) is 18.7 Å². The second-order valence-corrected chi connectivity index (χ2v) is 10.8. The second-order valence-electron chi connectivity index (χ2n) is 10.8. The van der Waals surface area contributed by atoms with Crippen LogP contribution in [0.3, 0.4) is 0 Å². The van der Waals surface area contributed by atoms with Gasteiger partial charge in [0.2, 0.25) is 23.6 Å². The molecule has 4 amide bonds. The highest BCUT2D eigenvalue weighted by molar-refractivity contribution is 5.96. The van der Waals surface area contributed by atoms with Crippen molar-refractivity contribution in [2.45, 2.75) is 75.9 Å². The van der Waals surface area contributed by atoms with Crippen molar-refractivity contribution in [3.8, 4) is 0 Å². The Kier molecular flexibility index (Phi) is 8.57. The smallest absolute Gasteiger partial charge is 0.243 e. The summed E-state index contributed by atoms with van der Waals surface area (Å²) in [5.41, 5.74) is 12.9. The van der Waals surface area contributed by atoms with Gasteiger partial charge in [-0.25, -0.2) is 0 Å². The standard InChI is InChI=1S/C27H38N6O6/c1-13(34)21(28)27(39)33-12-15-6-5-8-18(15)23(33)26(38)31-20(25(37)32-22(14(2)35)24(29)36)10-16-11-30-19-9-4-3-7-17(16)19/h3-4,7,9,11,13-15,18,20-23,30,34-35H,5-6,8,10,12,28H2,1-2H3,(H2,29,36)(H,31,38)(H,32,37)/t13-,14-,15+,18+,20?,21+,22+,23+/m1/s1. The molecule has 1 saturated carbocycles. The molecule has 1 aromatic heterocycles. The van der Waals surface area contributed by atoms with E-state index in [0.717, 1.165) is 35.7 Å². The van der Waals surface area contributed by atoms with Crippen LogP contribution >= 0.6 is 0 Å². The van der Waals surface area contributed by atoms with Crippen LogP contribution in [0.2, 0.25) is 0 Å². The summed E-state index contributed by atoms with van der Waals surface area (Å²) >= 11 is 0. The molecule has 9 N–H and O–H groups in total. The van der Waals surface area contributed by atoms with Crippen molar-refractivity contribution in [1.29, 1.82) is 0 Å². The molecule has 2 aromatic rings. The highest BCUT2D eigenvalue weighted by Gasteiger charge is 2.50. The van der Waals surface area contributed by atoms with E-state index in [1.807, 2.05) is 24.3 Å². The van der Waals surface area contributed by atoms with Gasteiger partial charge >= 0.3 is 0 Å². The van der Waals surface area contributed by atoms with Crippen LogP contribution in [0.4, 0.5) is 0 Å². The van der Waals surface area contributed by atoms with E-state index in [0.29, 0.717) is 6.54 Å². The Labute approximate surface area is 226 Å². The third kappa shape index (κ3) is 5.92. The lowest BCUT2D eigenvalue weighted by atomic mass is 9.93. The number of para-hydroxylation sites is 1. The maximum Gasteiger partial charge on any atom is 0.243 e. The summed E-state index contributed by atoms with van der Waals surface area (Å²) in [6, 6.07) is 2.99. The van der Waals surface area contributed by atoms with E-state index in [1.54, 1.807) is 6.20 Å². The molecule has 2 aliphatic rings. The summed E-state index contributed by atoms with van der Waals surface area (Å²) in [4.78, 5) is 56.8. The summed E-state index contributed by atoms with van der Waals surface area (Å²) in [6.07, 6.45) is 2.04. The number of aromatic amines is 1. The number of hydrogen-bond donors (Lipinski definition) is 7. The SMILES string of the molecule is C[C@@H](O)[C@H](N)C(=O)N1C[C@@H]2CCC[C@@H]2[C@H]1C(=O)NC(Cc1c[nH]c2ccccc12)C(=O)N[C@H](C(N)=O)[C@@H](C)O. The van der Waals surface area contributed by atoms with Crippen LogP contribution in [-0.4, -0.2) is 86.6 Å². The molecule has 0 spiro atoms. The number of rotatable bonds is 10. The summed E-state index contributed by atoms with van der Waals surface area (Å²) in [5.74, 6) is -2.60. The van der Waals surface area contributed by atoms with Gasteiger partial charge in [-0.3, -0.25) is 19.2 Å². The molecule has 1 unspecified atom stereocenters. The molecule has 4 rings (SSSR count). The van der Waals surface area contributed by atoms with Crippen molar-refractivity contribution in [2.24, 2.45) is 23.3 Å². The topological polar surface area (TPSA) is 204 Å². The van der Waals surface area contributed by atoms with Crippen LogP contribution in [0.5, 0.6) is 0 Å². The number of aliphatic hydroxyl groups is 2. The maximum absolute atomic E-state index is 13.8. The quantitative estimate of drug-likeness (QED) is 0.197. The van der Waals surface area contributed by atoms with E-state index in [2.05, 4.69) is 15.6 Å². The van der Waals surface area contributed by atoms with Crippen LogP contribution in [-0.2, 0) is 25.6 Å². The fourth-order valence-corrected chi connectivity index (χ4v) is 5.94. The monoisotopic (exact) mass is 542 g/mol.